The van der Waals surface area contributed by atoms with Gasteiger partial charge in [-0.25, -0.2) is 0 Å². The summed E-state index contributed by atoms with van der Waals surface area (Å²) in [6.45, 7) is 0.452. The Bertz CT molecular complexity index is 509. The van der Waals surface area contributed by atoms with E-state index in [2.05, 4.69) is 11.2 Å². The van der Waals surface area contributed by atoms with Crippen molar-refractivity contribution in [2.45, 2.75) is 12.8 Å². The first-order valence-corrected chi connectivity index (χ1v) is 8.21. The zero-order valence-corrected chi connectivity index (χ0v) is 11.5. The lowest BCUT2D eigenvalue weighted by atomic mass is 10.3. The molecule has 0 unspecified atom stereocenters. The highest BCUT2D eigenvalue weighted by Crippen LogP contribution is 2.51. The Morgan fingerprint density at radius 2 is 2.17 bits per heavy atom. The Balaban J connectivity index is 2.30. The molecule has 2 rings (SSSR count). The summed E-state index contributed by atoms with van der Waals surface area (Å²) in [5.74, 6) is 3.24. The fourth-order valence-electron chi connectivity index (χ4n) is 2.33. The number of nitrogens with one attached hydrogen (secondary N) is 1. The minimum atomic E-state index is -2.16. The van der Waals surface area contributed by atoms with Gasteiger partial charge in [-0.2, -0.15) is 0 Å². The van der Waals surface area contributed by atoms with Crippen molar-refractivity contribution >= 4 is 18.1 Å². The number of hydrogen-bond acceptors (Lipinski definition) is 3. The molecule has 1 N–H and O–H groups in total. The maximum atomic E-state index is 12.7. The normalized spacial score (nSPS) is 17.1. The predicted molar refractivity (Wildman–Crippen MR) is 76.5 cm³/mol. The first-order valence-electron chi connectivity index (χ1n) is 6.13. The summed E-state index contributed by atoms with van der Waals surface area (Å²) in [7, 11) is -0.541. The molecule has 0 aromatic heterocycles. The molecule has 1 saturated heterocycles. The summed E-state index contributed by atoms with van der Waals surface area (Å²) in [5, 5.41) is 4.03. The molecule has 4 heteroatoms. The molecule has 0 radical (unpaired) electrons. The molecule has 1 heterocycles. The summed E-state index contributed by atoms with van der Waals surface area (Å²) < 4.78 is 18.0. The lowest BCUT2D eigenvalue weighted by Crippen LogP contribution is -2.09. The standard InChI is InChI=1S/C14H18NO2P/c1-3-8-15-13-7-6-12(11-14(13)17-2)18(16)9-4-5-10-18/h1,6-7,11,15H,4-5,8-10H2,2H3. The third kappa shape index (κ3) is 2.54. The van der Waals surface area contributed by atoms with Gasteiger partial charge in [0, 0.05) is 17.6 Å². The second-order valence-electron chi connectivity index (χ2n) is 4.49. The van der Waals surface area contributed by atoms with Gasteiger partial charge in [0.1, 0.15) is 12.9 Å². The van der Waals surface area contributed by atoms with Gasteiger partial charge in [0.2, 0.25) is 0 Å². The summed E-state index contributed by atoms with van der Waals surface area (Å²) in [4.78, 5) is 0. The maximum absolute atomic E-state index is 12.7. The topological polar surface area (TPSA) is 38.3 Å². The number of terminal acetylenes is 1. The molecule has 0 spiro atoms. The van der Waals surface area contributed by atoms with Crippen LogP contribution in [0, 0.1) is 12.3 Å². The largest absolute Gasteiger partial charge is 0.495 e. The summed E-state index contributed by atoms with van der Waals surface area (Å²) in [5.41, 5.74) is 0.852. The first kappa shape index (κ1) is 13.1. The summed E-state index contributed by atoms with van der Waals surface area (Å²) in [6, 6.07) is 5.74. The molecule has 1 aliphatic heterocycles. The van der Waals surface area contributed by atoms with Crippen molar-refractivity contribution in [2.24, 2.45) is 0 Å². The van der Waals surface area contributed by atoms with Gasteiger partial charge in [0.05, 0.1) is 19.3 Å². The molecular formula is C14H18NO2P. The minimum Gasteiger partial charge on any atom is -0.495 e. The Hall–Kier alpha value is -1.39. The van der Waals surface area contributed by atoms with Gasteiger partial charge in [-0.1, -0.05) is 5.92 Å². The van der Waals surface area contributed by atoms with Gasteiger partial charge in [0.15, 0.2) is 0 Å². The molecule has 1 aromatic rings. The molecule has 0 atom stereocenters. The predicted octanol–water partition coefficient (Wildman–Crippen LogP) is 2.52. The van der Waals surface area contributed by atoms with Crippen LogP contribution in [0.15, 0.2) is 18.2 Å². The second-order valence-corrected chi connectivity index (χ2v) is 7.68. The van der Waals surface area contributed by atoms with Crippen LogP contribution in [0.4, 0.5) is 5.69 Å². The van der Waals surface area contributed by atoms with Crippen molar-refractivity contribution in [2.75, 3.05) is 31.3 Å². The van der Waals surface area contributed by atoms with Gasteiger partial charge < -0.3 is 14.6 Å². The molecular weight excluding hydrogens is 245 g/mol. The number of rotatable bonds is 4. The molecule has 0 amide bonds. The van der Waals surface area contributed by atoms with Gasteiger partial charge in [-0.3, -0.25) is 0 Å². The molecule has 1 aromatic carbocycles. The van der Waals surface area contributed by atoms with Crippen LogP contribution in [0.5, 0.6) is 5.75 Å². The van der Waals surface area contributed by atoms with Crippen molar-refractivity contribution < 1.29 is 9.30 Å². The van der Waals surface area contributed by atoms with Crippen LogP contribution < -0.4 is 15.4 Å². The molecule has 1 fully saturated rings. The van der Waals surface area contributed by atoms with E-state index < -0.39 is 7.14 Å². The van der Waals surface area contributed by atoms with E-state index >= 15 is 0 Å². The van der Waals surface area contributed by atoms with Crippen LogP contribution in [0.25, 0.3) is 0 Å². The van der Waals surface area contributed by atoms with Gasteiger partial charge in [-0.15, -0.1) is 6.42 Å². The highest BCUT2D eigenvalue weighted by Gasteiger charge is 2.29. The minimum absolute atomic E-state index is 0.452. The van der Waals surface area contributed by atoms with Crippen molar-refractivity contribution in [3.8, 4) is 18.1 Å². The number of ether oxygens (including phenoxy) is 1. The third-order valence-corrected chi connectivity index (χ3v) is 6.62. The zero-order chi connectivity index (χ0) is 13.0. The van der Waals surface area contributed by atoms with Gasteiger partial charge in [0.25, 0.3) is 0 Å². The van der Waals surface area contributed by atoms with Crippen LogP contribution in [0.1, 0.15) is 12.8 Å². The average Bonchev–Trinajstić information content (AvgIpc) is 2.84. The lowest BCUT2D eigenvalue weighted by Gasteiger charge is -2.15. The molecule has 18 heavy (non-hydrogen) atoms. The first-order chi connectivity index (χ1) is 8.69. The average molecular weight is 263 g/mol. The van der Waals surface area contributed by atoms with Gasteiger partial charge >= 0.3 is 0 Å². The molecule has 0 aliphatic carbocycles. The fourth-order valence-corrected chi connectivity index (χ4v) is 5.24. The van der Waals surface area contributed by atoms with Crippen molar-refractivity contribution in [1.29, 1.82) is 0 Å². The number of methoxy groups -OCH3 is 1. The Kier molecular flexibility index (Phi) is 3.99. The quantitative estimate of drug-likeness (QED) is 0.670. The van der Waals surface area contributed by atoms with Crippen LogP contribution in [-0.4, -0.2) is 26.0 Å². The fraction of sp³-hybridized carbons (Fsp3) is 0.429. The zero-order valence-electron chi connectivity index (χ0n) is 10.6. The lowest BCUT2D eigenvalue weighted by molar-refractivity contribution is 0.417. The van der Waals surface area contributed by atoms with E-state index in [0.717, 1.165) is 36.2 Å². The SMILES string of the molecule is C#CCNc1ccc(P2(=O)CCCC2)cc1OC. The van der Waals surface area contributed by atoms with E-state index in [1.165, 1.54) is 0 Å². The van der Waals surface area contributed by atoms with E-state index in [1.54, 1.807) is 7.11 Å². The van der Waals surface area contributed by atoms with E-state index in [4.69, 9.17) is 11.2 Å². The Morgan fingerprint density at radius 1 is 1.44 bits per heavy atom. The van der Waals surface area contributed by atoms with Crippen molar-refractivity contribution in [1.82, 2.24) is 0 Å². The molecule has 96 valence electrons. The van der Waals surface area contributed by atoms with E-state index in [9.17, 15) is 4.57 Å². The van der Waals surface area contributed by atoms with Crippen molar-refractivity contribution in [3.05, 3.63) is 18.2 Å². The van der Waals surface area contributed by atoms with Gasteiger partial charge in [-0.05, 0) is 31.0 Å². The van der Waals surface area contributed by atoms with E-state index in [-0.39, 0.29) is 0 Å². The van der Waals surface area contributed by atoms with E-state index in [0.29, 0.717) is 12.3 Å². The smallest absolute Gasteiger partial charge is 0.142 e. The van der Waals surface area contributed by atoms with Crippen LogP contribution in [0.3, 0.4) is 0 Å². The Morgan fingerprint density at radius 3 is 2.78 bits per heavy atom. The highest BCUT2D eigenvalue weighted by molar-refractivity contribution is 7.71. The van der Waals surface area contributed by atoms with Crippen LogP contribution in [-0.2, 0) is 4.57 Å². The molecule has 1 aliphatic rings. The molecule has 3 nitrogen and oxygen atoms in total. The van der Waals surface area contributed by atoms with Crippen molar-refractivity contribution in [3.63, 3.8) is 0 Å². The second kappa shape index (κ2) is 5.50. The molecule has 0 bridgehead atoms. The molecule has 0 saturated carbocycles. The van der Waals surface area contributed by atoms with Crippen LogP contribution >= 0.6 is 7.14 Å². The Labute approximate surface area is 108 Å². The number of hydrogen-bond donors (Lipinski definition) is 1. The number of benzene rings is 1. The van der Waals surface area contributed by atoms with Crippen LogP contribution in [0.2, 0.25) is 0 Å². The summed E-state index contributed by atoms with van der Waals surface area (Å²) >= 11 is 0. The number of anilines is 1. The maximum Gasteiger partial charge on any atom is 0.142 e. The van der Waals surface area contributed by atoms with E-state index in [1.807, 2.05) is 18.2 Å². The monoisotopic (exact) mass is 263 g/mol. The summed E-state index contributed by atoms with van der Waals surface area (Å²) in [6.07, 6.45) is 9.01. The highest BCUT2D eigenvalue weighted by atomic mass is 31.2. The third-order valence-electron chi connectivity index (χ3n) is 3.33.